The summed E-state index contributed by atoms with van der Waals surface area (Å²) in [4.78, 5) is 0. The van der Waals surface area contributed by atoms with Crippen molar-refractivity contribution in [2.75, 3.05) is 13.7 Å². The van der Waals surface area contributed by atoms with Gasteiger partial charge in [0.15, 0.2) is 0 Å². The van der Waals surface area contributed by atoms with E-state index in [9.17, 15) is 0 Å². The zero-order valence-electron chi connectivity index (χ0n) is 11.7. The fourth-order valence-corrected chi connectivity index (χ4v) is 1.88. The molecule has 0 aliphatic rings. The standard InChI is InChI=1S/C13H23N3O/c1-7-14-10(3)9(2)8-12-11(4)15-16(5)13(12)17-6/h8,10,14H,7H2,1-6H3. The highest BCUT2D eigenvalue weighted by atomic mass is 16.5. The van der Waals surface area contributed by atoms with Crippen LogP contribution in [0.3, 0.4) is 0 Å². The minimum absolute atomic E-state index is 0.365. The number of nitrogens with zero attached hydrogens (tertiary/aromatic N) is 2. The van der Waals surface area contributed by atoms with E-state index in [1.165, 1.54) is 5.57 Å². The van der Waals surface area contributed by atoms with Crippen LogP contribution in [-0.2, 0) is 7.05 Å². The zero-order valence-corrected chi connectivity index (χ0v) is 11.7. The van der Waals surface area contributed by atoms with Gasteiger partial charge in [-0.15, -0.1) is 0 Å². The minimum Gasteiger partial charge on any atom is -0.481 e. The summed E-state index contributed by atoms with van der Waals surface area (Å²) in [5.41, 5.74) is 3.34. The van der Waals surface area contributed by atoms with Crippen molar-refractivity contribution < 1.29 is 4.74 Å². The fraction of sp³-hybridized carbons (Fsp3) is 0.615. The van der Waals surface area contributed by atoms with E-state index in [2.05, 4.69) is 37.3 Å². The molecule has 0 aromatic carbocycles. The highest BCUT2D eigenvalue weighted by Crippen LogP contribution is 2.24. The fourth-order valence-electron chi connectivity index (χ4n) is 1.88. The summed E-state index contributed by atoms with van der Waals surface area (Å²) in [6.07, 6.45) is 2.15. The largest absolute Gasteiger partial charge is 0.481 e. The summed E-state index contributed by atoms with van der Waals surface area (Å²) in [6.45, 7) is 9.36. The molecule has 0 amide bonds. The molecule has 0 aliphatic heterocycles. The molecule has 0 aliphatic carbocycles. The predicted molar refractivity (Wildman–Crippen MR) is 71.3 cm³/mol. The Kier molecular flexibility index (Phi) is 4.75. The van der Waals surface area contributed by atoms with Crippen molar-refractivity contribution in [3.8, 4) is 5.88 Å². The van der Waals surface area contributed by atoms with Gasteiger partial charge in [0.25, 0.3) is 0 Å². The molecule has 0 bridgehead atoms. The van der Waals surface area contributed by atoms with Crippen LogP contribution in [0.15, 0.2) is 5.57 Å². The maximum atomic E-state index is 5.37. The molecule has 1 aromatic rings. The van der Waals surface area contributed by atoms with Gasteiger partial charge in [0.1, 0.15) is 0 Å². The average Bonchev–Trinajstić information content (AvgIpc) is 2.53. The molecule has 96 valence electrons. The number of likely N-dealkylation sites (N-methyl/N-ethyl adjacent to an activating group) is 1. The third kappa shape index (κ3) is 3.09. The lowest BCUT2D eigenvalue weighted by Crippen LogP contribution is -2.26. The molecule has 1 aromatic heterocycles. The normalized spacial score (nSPS) is 13.9. The van der Waals surface area contributed by atoms with E-state index in [-0.39, 0.29) is 0 Å². The van der Waals surface area contributed by atoms with E-state index in [0.29, 0.717) is 6.04 Å². The van der Waals surface area contributed by atoms with Gasteiger partial charge in [-0.05, 0) is 33.4 Å². The third-order valence-corrected chi connectivity index (χ3v) is 2.97. The first-order chi connectivity index (χ1) is 8.01. The molecule has 1 rings (SSSR count). The lowest BCUT2D eigenvalue weighted by molar-refractivity contribution is 0.372. The van der Waals surface area contributed by atoms with Gasteiger partial charge in [-0.25, -0.2) is 4.68 Å². The van der Waals surface area contributed by atoms with Crippen LogP contribution in [0.25, 0.3) is 6.08 Å². The zero-order chi connectivity index (χ0) is 13.0. The lowest BCUT2D eigenvalue weighted by Gasteiger charge is -2.13. The Morgan fingerprint density at radius 1 is 1.59 bits per heavy atom. The van der Waals surface area contributed by atoms with Crippen LogP contribution in [0.4, 0.5) is 0 Å². The first-order valence-electron chi connectivity index (χ1n) is 6.00. The van der Waals surface area contributed by atoms with Gasteiger partial charge < -0.3 is 10.1 Å². The first kappa shape index (κ1) is 13.8. The lowest BCUT2D eigenvalue weighted by atomic mass is 10.1. The van der Waals surface area contributed by atoms with E-state index in [0.717, 1.165) is 23.7 Å². The van der Waals surface area contributed by atoms with E-state index in [4.69, 9.17) is 4.74 Å². The molecule has 4 nitrogen and oxygen atoms in total. The van der Waals surface area contributed by atoms with Gasteiger partial charge in [-0.2, -0.15) is 5.10 Å². The number of methoxy groups -OCH3 is 1. The molecule has 1 atom stereocenters. The Balaban J connectivity index is 3.04. The monoisotopic (exact) mass is 237 g/mol. The van der Waals surface area contributed by atoms with Crippen LogP contribution in [0.5, 0.6) is 5.88 Å². The van der Waals surface area contributed by atoms with Crippen LogP contribution in [0.1, 0.15) is 32.0 Å². The molecule has 1 N–H and O–H groups in total. The molecule has 17 heavy (non-hydrogen) atoms. The maximum Gasteiger partial charge on any atom is 0.218 e. The first-order valence-corrected chi connectivity index (χ1v) is 6.00. The van der Waals surface area contributed by atoms with Crippen LogP contribution >= 0.6 is 0 Å². The van der Waals surface area contributed by atoms with Crippen LogP contribution in [-0.4, -0.2) is 29.5 Å². The molecule has 0 saturated carbocycles. The number of hydrogen-bond acceptors (Lipinski definition) is 3. The van der Waals surface area contributed by atoms with Gasteiger partial charge in [-0.1, -0.05) is 12.5 Å². The Bertz CT molecular complexity index is 407. The van der Waals surface area contributed by atoms with Crippen LogP contribution in [0, 0.1) is 6.92 Å². The number of rotatable bonds is 5. The van der Waals surface area contributed by atoms with E-state index in [1.807, 2.05) is 14.0 Å². The van der Waals surface area contributed by atoms with E-state index in [1.54, 1.807) is 11.8 Å². The topological polar surface area (TPSA) is 39.1 Å². The Labute approximate surface area is 104 Å². The molecule has 0 saturated heterocycles. The van der Waals surface area contributed by atoms with Gasteiger partial charge in [0, 0.05) is 13.1 Å². The number of aryl methyl sites for hydroxylation is 2. The number of aromatic nitrogens is 2. The van der Waals surface area contributed by atoms with Crippen molar-refractivity contribution in [1.29, 1.82) is 0 Å². The second-order valence-electron chi connectivity index (χ2n) is 4.30. The second-order valence-corrected chi connectivity index (χ2v) is 4.30. The summed E-state index contributed by atoms with van der Waals surface area (Å²) in [6, 6.07) is 0.365. The third-order valence-electron chi connectivity index (χ3n) is 2.97. The Morgan fingerprint density at radius 3 is 2.76 bits per heavy atom. The minimum atomic E-state index is 0.365. The van der Waals surface area contributed by atoms with E-state index < -0.39 is 0 Å². The quantitative estimate of drug-likeness (QED) is 0.852. The highest BCUT2D eigenvalue weighted by molar-refractivity contribution is 5.60. The smallest absolute Gasteiger partial charge is 0.218 e. The van der Waals surface area contributed by atoms with Crippen LogP contribution < -0.4 is 10.1 Å². The van der Waals surface area contributed by atoms with Gasteiger partial charge >= 0.3 is 0 Å². The summed E-state index contributed by atoms with van der Waals surface area (Å²) in [5, 5.41) is 7.76. The van der Waals surface area contributed by atoms with Crippen molar-refractivity contribution in [2.45, 2.75) is 33.7 Å². The van der Waals surface area contributed by atoms with Crippen molar-refractivity contribution in [1.82, 2.24) is 15.1 Å². The van der Waals surface area contributed by atoms with Gasteiger partial charge in [-0.3, -0.25) is 0 Å². The predicted octanol–water partition coefficient (Wildman–Crippen LogP) is 2.14. The molecule has 1 unspecified atom stereocenters. The molecule has 4 heteroatoms. The van der Waals surface area contributed by atoms with Crippen molar-refractivity contribution in [3.05, 3.63) is 16.8 Å². The van der Waals surface area contributed by atoms with Gasteiger partial charge in [0.2, 0.25) is 5.88 Å². The summed E-state index contributed by atoms with van der Waals surface area (Å²) < 4.78 is 7.14. The molecular formula is C13H23N3O. The second kappa shape index (κ2) is 5.87. The number of hydrogen-bond donors (Lipinski definition) is 1. The molecular weight excluding hydrogens is 214 g/mol. The summed E-state index contributed by atoms with van der Waals surface area (Å²) in [7, 11) is 3.57. The Morgan fingerprint density at radius 2 is 2.24 bits per heavy atom. The van der Waals surface area contributed by atoms with Crippen molar-refractivity contribution in [3.63, 3.8) is 0 Å². The average molecular weight is 237 g/mol. The molecule has 0 radical (unpaired) electrons. The summed E-state index contributed by atoms with van der Waals surface area (Å²) >= 11 is 0. The molecule has 1 heterocycles. The van der Waals surface area contributed by atoms with Crippen LogP contribution in [0.2, 0.25) is 0 Å². The maximum absolute atomic E-state index is 5.37. The molecule has 0 fully saturated rings. The Hall–Kier alpha value is -1.29. The van der Waals surface area contributed by atoms with Gasteiger partial charge in [0.05, 0.1) is 18.4 Å². The SMILES string of the molecule is CCNC(C)C(C)=Cc1c(C)nn(C)c1OC. The highest BCUT2D eigenvalue weighted by Gasteiger charge is 2.12. The number of nitrogens with one attached hydrogen (secondary N) is 1. The summed E-state index contributed by atoms with van der Waals surface area (Å²) in [5.74, 6) is 0.811. The number of ether oxygens (including phenoxy) is 1. The molecule has 0 spiro atoms. The van der Waals surface area contributed by atoms with Crippen molar-refractivity contribution >= 4 is 6.08 Å². The van der Waals surface area contributed by atoms with E-state index >= 15 is 0 Å². The van der Waals surface area contributed by atoms with Crippen molar-refractivity contribution in [2.24, 2.45) is 7.05 Å².